The zero-order valence-corrected chi connectivity index (χ0v) is 11.2. The Balaban J connectivity index is 3.31. The Morgan fingerprint density at radius 3 is 2.76 bits per heavy atom. The number of pyridine rings is 1. The van der Waals surface area contributed by atoms with Crippen molar-refractivity contribution in [1.82, 2.24) is 4.98 Å². The van der Waals surface area contributed by atoms with E-state index in [4.69, 9.17) is 16.3 Å². The Morgan fingerprint density at radius 2 is 2.29 bits per heavy atom. The van der Waals surface area contributed by atoms with E-state index in [0.29, 0.717) is 0 Å². The topological polar surface area (TPSA) is 39.2 Å². The highest BCUT2D eigenvalue weighted by molar-refractivity contribution is 9.10. The molecule has 3 nitrogen and oxygen atoms in total. The van der Waals surface area contributed by atoms with Gasteiger partial charge in [0.1, 0.15) is 10.2 Å². The molecule has 0 fully saturated rings. The molecule has 1 rings (SSSR count). The molecule has 1 aromatic heterocycles. The molecule has 17 heavy (non-hydrogen) atoms. The maximum absolute atomic E-state index is 12.8. The van der Waals surface area contributed by atoms with Crippen LogP contribution in [-0.4, -0.2) is 17.6 Å². The van der Waals surface area contributed by atoms with Crippen molar-refractivity contribution in [2.75, 3.05) is 6.61 Å². The molecular weight excluding hydrogens is 319 g/mol. The predicted octanol–water partition coefficient (Wildman–Crippen LogP) is 3.70. The second kappa shape index (κ2) is 6.26. The zero-order chi connectivity index (χ0) is 13.0. The lowest BCUT2D eigenvalue weighted by Crippen LogP contribution is -2.11. The standard InChI is InChI=1S/C10H9BrClF2NO2/c1-2-17-10(16)7-6(9(13)14)3-5(4-12)15-8(7)11/h3,9H,2,4H2,1H3. The first kappa shape index (κ1) is 14.3. The van der Waals surface area contributed by atoms with Crippen molar-refractivity contribution in [1.29, 1.82) is 0 Å². The molecule has 0 bridgehead atoms. The van der Waals surface area contributed by atoms with Crippen LogP contribution in [-0.2, 0) is 10.6 Å². The summed E-state index contributed by atoms with van der Waals surface area (Å²) in [7, 11) is 0. The van der Waals surface area contributed by atoms with Crippen molar-refractivity contribution in [2.24, 2.45) is 0 Å². The minimum Gasteiger partial charge on any atom is -0.462 e. The van der Waals surface area contributed by atoms with Crippen molar-refractivity contribution in [2.45, 2.75) is 19.2 Å². The molecule has 0 saturated carbocycles. The van der Waals surface area contributed by atoms with Gasteiger partial charge in [-0.3, -0.25) is 0 Å². The molecule has 94 valence electrons. The van der Waals surface area contributed by atoms with E-state index in [2.05, 4.69) is 20.9 Å². The molecule has 7 heteroatoms. The molecule has 1 heterocycles. The van der Waals surface area contributed by atoms with E-state index in [9.17, 15) is 13.6 Å². The van der Waals surface area contributed by atoms with Gasteiger partial charge in [-0.05, 0) is 28.9 Å². The van der Waals surface area contributed by atoms with Crippen LogP contribution in [0.3, 0.4) is 0 Å². The van der Waals surface area contributed by atoms with E-state index in [1.54, 1.807) is 6.92 Å². The minimum atomic E-state index is -2.80. The fraction of sp³-hybridized carbons (Fsp3) is 0.400. The molecule has 0 aliphatic rings. The number of nitrogens with zero attached hydrogens (tertiary/aromatic N) is 1. The third-order valence-corrected chi connectivity index (χ3v) is 2.76. The van der Waals surface area contributed by atoms with Crippen molar-refractivity contribution in [3.8, 4) is 0 Å². The molecule has 0 amide bonds. The highest BCUT2D eigenvalue weighted by Crippen LogP contribution is 2.29. The van der Waals surface area contributed by atoms with Crippen LogP contribution >= 0.6 is 27.5 Å². The lowest BCUT2D eigenvalue weighted by atomic mass is 10.1. The summed E-state index contributed by atoms with van der Waals surface area (Å²) in [5, 5.41) is 0. The molecule has 0 atom stereocenters. The summed E-state index contributed by atoms with van der Waals surface area (Å²) in [6, 6.07) is 1.11. The van der Waals surface area contributed by atoms with Gasteiger partial charge in [0.05, 0.1) is 18.2 Å². The molecule has 1 aromatic rings. The first-order chi connectivity index (χ1) is 8.01. The van der Waals surface area contributed by atoms with E-state index in [1.807, 2.05) is 0 Å². The molecule has 0 saturated heterocycles. The van der Waals surface area contributed by atoms with E-state index >= 15 is 0 Å². The van der Waals surface area contributed by atoms with Gasteiger partial charge < -0.3 is 4.74 Å². The number of esters is 1. The Labute approximate surface area is 110 Å². The minimum absolute atomic E-state index is 0.0125. The number of ether oxygens (including phenoxy) is 1. The average molecular weight is 329 g/mol. The van der Waals surface area contributed by atoms with E-state index < -0.39 is 18.0 Å². The normalized spacial score (nSPS) is 10.7. The summed E-state index contributed by atoms with van der Waals surface area (Å²) in [5.74, 6) is -0.843. The van der Waals surface area contributed by atoms with Gasteiger partial charge in [0, 0.05) is 5.56 Å². The van der Waals surface area contributed by atoms with Crippen LogP contribution in [0.25, 0.3) is 0 Å². The third kappa shape index (κ3) is 3.35. The zero-order valence-electron chi connectivity index (χ0n) is 8.84. The summed E-state index contributed by atoms with van der Waals surface area (Å²) in [6.07, 6.45) is -2.80. The Hall–Kier alpha value is -0.750. The van der Waals surface area contributed by atoms with Gasteiger partial charge in [-0.25, -0.2) is 18.6 Å². The number of halogens is 4. The van der Waals surface area contributed by atoms with Crippen LogP contribution in [0.2, 0.25) is 0 Å². The van der Waals surface area contributed by atoms with E-state index in [0.717, 1.165) is 6.07 Å². The highest BCUT2D eigenvalue weighted by atomic mass is 79.9. The number of carbonyl (C=O) groups excluding carboxylic acids is 1. The Kier molecular flexibility index (Phi) is 5.27. The van der Waals surface area contributed by atoms with Crippen molar-refractivity contribution >= 4 is 33.5 Å². The largest absolute Gasteiger partial charge is 0.462 e. The van der Waals surface area contributed by atoms with Crippen molar-refractivity contribution in [3.05, 3.63) is 27.5 Å². The average Bonchev–Trinajstić information content (AvgIpc) is 2.27. The van der Waals surface area contributed by atoms with Gasteiger partial charge in [-0.1, -0.05) is 0 Å². The van der Waals surface area contributed by atoms with Gasteiger partial charge in [0.2, 0.25) is 0 Å². The van der Waals surface area contributed by atoms with Crippen LogP contribution in [0.1, 0.15) is 35.0 Å². The maximum atomic E-state index is 12.8. The lowest BCUT2D eigenvalue weighted by Gasteiger charge is -2.11. The second-order valence-electron chi connectivity index (χ2n) is 3.02. The summed E-state index contributed by atoms with van der Waals surface area (Å²) >= 11 is 8.50. The lowest BCUT2D eigenvalue weighted by molar-refractivity contribution is 0.0513. The van der Waals surface area contributed by atoms with Crippen molar-refractivity contribution < 1.29 is 18.3 Å². The van der Waals surface area contributed by atoms with Gasteiger partial charge in [0.15, 0.2) is 0 Å². The first-order valence-electron chi connectivity index (χ1n) is 4.71. The van der Waals surface area contributed by atoms with E-state index in [1.165, 1.54) is 0 Å². The second-order valence-corrected chi connectivity index (χ2v) is 4.04. The van der Waals surface area contributed by atoms with Gasteiger partial charge in [0.25, 0.3) is 6.43 Å². The van der Waals surface area contributed by atoms with Crippen molar-refractivity contribution in [3.63, 3.8) is 0 Å². The number of aromatic nitrogens is 1. The van der Waals surface area contributed by atoms with Crippen LogP contribution < -0.4 is 0 Å². The quantitative estimate of drug-likeness (QED) is 0.481. The predicted molar refractivity (Wildman–Crippen MR) is 62.4 cm³/mol. The first-order valence-corrected chi connectivity index (χ1v) is 6.04. The third-order valence-electron chi connectivity index (χ3n) is 1.91. The Bertz CT molecular complexity index is 429. The molecular formula is C10H9BrClF2NO2. The molecule has 0 N–H and O–H groups in total. The van der Waals surface area contributed by atoms with Crippen LogP contribution in [0.5, 0.6) is 0 Å². The molecule has 0 aliphatic heterocycles. The number of rotatable bonds is 4. The fourth-order valence-electron chi connectivity index (χ4n) is 1.23. The summed E-state index contributed by atoms with van der Waals surface area (Å²) < 4.78 is 30.4. The van der Waals surface area contributed by atoms with Crippen LogP contribution in [0, 0.1) is 0 Å². The summed E-state index contributed by atoms with van der Waals surface area (Å²) in [5.41, 5.74) is -0.418. The monoisotopic (exact) mass is 327 g/mol. The molecule has 0 aromatic carbocycles. The number of alkyl halides is 3. The SMILES string of the molecule is CCOC(=O)c1c(C(F)F)cc(CCl)nc1Br. The van der Waals surface area contributed by atoms with E-state index in [-0.39, 0.29) is 28.3 Å². The highest BCUT2D eigenvalue weighted by Gasteiger charge is 2.24. The molecule has 0 unspecified atom stereocenters. The Morgan fingerprint density at radius 1 is 1.65 bits per heavy atom. The van der Waals surface area contributed by atoms with Gasteiger partial charge in [-0.15, -0.1) is 11.6 Å². The summed E-state index contributed by atoms with van der Waals surface area (Å²) in [6.45, 7) is 1.69. The fourth-order valence-corrected chi connectivity index (χ4v) is 1.99. The van der Waals surface area contributed by atoms with Crippen LogP contribution in [0.15, 0.2) is 10.7 Å². The smallest absolute Gasteiger partial charge is 0.341 e. The number of carbonyl (C=O) groups is 1. The van der Waals surface area contributed by atoms with Gasteiger partial charge in [-0.2, -0.15) is 0 Å². The maximum Gasteiger partial charge on any atom is 0.341 e. The van der Waals surface area contributed by atoms with Crippen LogP contribution in [0.4, 0.5) is 8.78 Å². The number of hydrogen-bond donors (Lipinski definition) is 0. The molecule has 0 aliphatic carbocycles. The molecule has 0 radical (unpaired) electrons. The molecule has 0 spiro atoms. The van der Waals surface area contributed by atoms with Gasteiger partial charge >= 0.3 is 5.97 Å². The summed E-state index contributed by atoms with van der Waals surface area (Å²) in [4.78, 5) is 15.4. The number of hydrogen-bond acceptors (Lipinski definition) is 3.